The summed E-state index contributed by atoms with van der Waals surface area (Å²) in [5.74, 6) is -4.56. The summed E-state index contributed by atoms with van der Waals surface area (Å²) < 4.78 is 20.4. The Morgan fingerprint density at radius 1 is 0.976 bits per heavy atom. The molecule has 1 saturated heterocycles. The van der Waals surface area contributed by atoms with E-state index in [2.05, 4.69) is 22.9 Å². The number of rotatable bonds is 12. The van der Waals surface area contributed by atoms with Gasteiger partial charge in [-0.05, 0) is 37.5 Å². The number of para-hydroxylation sites is 1. The molecule has 1 heterocycles. The van der Waals surface area contributed by atoms with Crippen LogP contribution in [0.3, 0.4) is 0 Å². The number of carboxylic acids is 3. The van der Waals surface area contributed by atoms with Gasteiger partial charge in [0, 0.05) is 37.7 Å². The van der Waals surface area contributed by atoms with Crippen molar-refractivity contribution in [2.75, 3.05) is 19.7 Å². The molecular formula is C30H37FN2O9. The quantitative estimate of drug-likeness (QED) is 0.232. The lowest BCUT2D eigenvalue weighted by atomic mass is 9.80. The zero-order chi connectivity index (χ0) is 31.5. The first-order valence-corrected chi connectivity index (χ1v) is 13.2. The van der Waals surface area contributed by atoms with E-state index >= 15 is 0 Å². The van der Waals surface area contributed by atoms with Crippen LogP contribution in [0.1, 0.15) is 50.7 Å². The van der Waals surface area contributed by atoms with E-state index in [1.807, 2.05) is 31.2 Å². The SMILES string of the molecule is C=C(C)COc1ccccc1CN1CCC(NC(C)=O)(c2ccccc2F)CC1.O=C(O)CC(O)(CC(=O)O)C(=O)O. The molecule has 0 spiro atoms. The van der Waals surface area contributed by atoms with Gasteiger partial charge < -0.3 is 30.5 Å². The lowest BCUT2D eigenvalue weighted by molar-refractivity contribution is -0.170. The number of nitrogens with zero attached hydrogens (tertiary/aromatic N) is 1. The monoisotopic (exact) mass is 588 g/mol. The summed E-state index contributed by atoms with van der Waals surface area (Å²) in [4.78, 5) is 44.7. The van der Waals surface area contributed by atoms with Gasteiger partial charge in [-0.15, -0.1) is 0 Å². The number of ether oxygens (including phenoxy) is 1. The number of aliphatic carboxylic acids is 3. The normalized spacial score (nSPS) is 14.6. The summed E-state index contributed by atoms with van der Waals surface area (Å²) >= 11 is 0. The van der Waals surface area contributed by atoms with E-state index in [1.54, 1.807) is 12.1 Å². The summed E-state index contributed by atoms with van der Waals surface area (Å²) in [6, 6.07) is 14.8. The second kappa shape index (κ2) is 15.1. The fourth-order valence-electron chi connectivity index (χ4n) is 4.67. The number of piperidine rings is 1. The number of aliphatic hydroxyl groups is 1. The highest BCUT2D eigenvalue weighted by atomic mass is 19.1. The molecule has 3 rings (SSSR count). The van der Waals surface area contributed by atoms with Gasteiger partial charge in [0.1, 0.15) is 18.2 Å². The van der Waals surface area contributed by atoms with E-state index in [4.69, 9.17) is 25.2 Å². The Bertz CT molecular complexity index is 1270. The topological polar surface area (TPSA) is 174 Å². The zero-order valence-corrected chi connectivity index (χ0v) is 23.6. The number of halogens is 1. The first-order valence-electron chi connectivity index (χ1n) is 13.2. The minimum Gasteiger partial charge on any atom is -0.489 e. The molecule has 0 aromatic heterocycles. The summed E-state index contributed by atoms with van der Waals surface area (Å²) in [6.07, 6.45) is -0.978. The van der Waals surface area contributed by atoms with Gasteiger partial charge in [0.15, 0.2) is 5.60 Å². The Labute approximate surface area is 243 Å². The van der Waals surface area contributed by atoms with E-state index in [0.717, 1.165) is 36.5 Å². The minimum atomic E-state index is -2.74. The molecule has 1 aliphatic heterocycles. The number of hydrogen-bond donors (Lipinski definition) is 5. The largest absolute Gasteiger partial charge is 0.489 e. The van der Waals surface area contributed by atoms with Crippen molar-refractivity contribution < 1.29 is 48.7 Å². The Morgan fingerprint density at radius 2 is 1.52 bits per heavy atom. The minimum absolute atomic E-state index is 0.139. The summed E-state index contributed by atoms with van der Waals surface area (Å²) in [7, 11) is 0. The summed E-state index contributed by atoms with van der Waals surface area (Å²) in [5, 5.41) is 36.9. The van der Waals surface area contributed by atoms with Crippen LogP contribution in [-0.2, 0) is 31.3 Å². The van der Waals surface area contributed by atoms with Gasteiger partial charge >= 0.3 is 17.9 Å². The average molecular weight is 589 g/mol. The van der Waals surface area contributed by atoms with Crippen molar-refractivity contribution in [3.63, 3.8) is 0 Å². The third-order valence-electron chi connectivity index (χ3n) is 6.64. The number of carbonyl (C=O) groups excluding carboxylic acids is 1. The van der Waals surface area contributed by atoms with Crippen LogP contribution < -0.4 is 10.1 Å². The van der Waals surface area contributed by atoms with Crippen molar-refractivity contribution >= 4 is 23.8 Å². The maximum atomic E-state index is 14.5. The fourth-order valence-corrected chi connectivity index (χ4v) is 4.67. The van der Waals surface area contributed by atoms with E-state index in [-0.39, 0.29) is 11.7 Å². The van der Waals surface area contributed by atoms with E-state index in [9.17, 15) is 23.6 Å². The molecule has 0 atom stereocenters. The highest BCUT2D eigenvalue weighted by Gasteiger charge is 2.41. The Balaban J connectivity index is 0.000000401. The number of hydrogen-bond acceptors (Lipinski definition) is 7. The molecule has 0 bridgehead atoms. The molecule has 12 heteroatoms. The lowest BCUT2D eigenvalue weighted by Crippen LogP contribution is -2.52. The van der Waals surface area contributed by atoms with Crippen LogP contribution in [0.15, 0.2) is 60.7 Å². The number of likely N-dealkylation sites (tertiary alicyclic amines) is 1. The maximum Gasteiger partial charge on any atom is 0.336 e. The number of nitrogens with one attached hydrogen (secondary N) is 1. The van der Waals surface area contributed by atoms with Gasteiger partial charge in [0.25, 0.3) is 0 Å². The number of amides is 1. The van der Waals surface area contributed by atoms with Gasteiger partial charge in [-0.25, -0.2) is 9.18 Å². The van der Waals surface area contributed by atoms with Crippen molar-refractivity contribution in [2.24, 2.45) is 0 Å². The highest BCUT2D eigenvalue weighted by Crippen LogP contribution is 2.35. The lowest BCUT2D eigenvalue weighted by Gasteiger charge is -2.43. The van der Waals surface area contributed by atoms with E-state index in [0.29, 0.717) is 25.0 Å². The summed E-state index contributed by atoms with van der Waals surface area (Å²) in [6.45, 7) is 10.1. The summed E-state index contributed by atoms with van der Waals surface area (Å²) in [5.41, 5.74) is -0.740. The van der Waals surface area contributed by atoms with Gasteiger partial charge in [0.2, 0.25) is 5.91 Å². The van der Waals surface area contributed by atoms with Crippen molar-refractivity contribution in [3.8, 4) is 5.75 Å². The average Bonchev–Trinajstić information content (AvgIpc) is 2.88. The van der Waals surface area contributed by atoms with Crippen LogP contribution in [0, 0.1) is 5.82 Å². The van der Waals surface area contributed by atoms with Crippen LogP contribution in [0.2, 0.25) is 0 Å². The molecule has 1 fully saturated rings. The highest BCUT2D eigenvalue weighted by molar-refractivity contribution is 5.88. The van der Waals surface area contributed by atoms with Crippen molar-refractivity contribution in [1.29, 1.82) is 0 Å². The zero-order valence-electron chi connectivity index (χ0n) is 23.6. The molecule has 2 aromatic rings. The molecule has 0 radical (unpaired) electrons. The van der Waals surface area contributed by atoms with Gasteiger partial charge in [-0.1, -0.05) is 43.0 Å². The van der Waals surface area contributed by atoms with Crippen molar-refractivity contribution in [2.45, 2.75) is 57.2 Å². The molecule has 228 valence electrons. The molecule has 0 saturated carbocycles. The van der Waals surface area contributed by atoms with Gasteiger partial charge in [-0.2, -0.15) is 0 Å². The molecule has 0 aliphatic carbocycles. The van der Waals surface area contributed by atoms with Crippen LogP contribution in [0.4, 0.5) is 4.39 Å². The van der Waals surface area contributed by atoms with Crippen LogP contribution in [-0.4, -0.2) is 74.4 Å². The van der Waals surface area contributed by atoms with Crippen molar-refractivity contribution in [1.82, 2.24) is 10.2 Å². The number of carbonyl (C=O) groups is 4. The van der Waals surface area contributed by atoms with Crippen LogP contribution in [0.25, 0.3) is 0 Å². The first-order chi connectivity index (χ1) is 19.7. The maximum absolute atomic E-state index is 14.5. The molecule has 11 nitrogen and oxygen atoms in total. The third-order valence-corrected chi connectivity index (χ3v) is 6.64. The van der Waals surface area contributed by atoms with Gasteiger partial charge in [0.05, 0.1) is 18.4 Å². The molecule has 42 heavy (non-hydrogen) atoms. The molecule has 1 amide bonds. The van der Waals surface area contributed by atoms with Crippen LogP contribution >= 0.6 is 0 Å². The van der Waals surface area contributed by atoms with Crippen LogP contribution in [0.5, 0.6) is 5.75 Å². The number of carboxylic acid groups (broad SMARTS) is 3. The Kier molecular flexibility index (Phi) is 12.2. The second-order valence-corrected chi connectivity index (χ2v) is 10.4. The van der Waals surface area contributed by atoms with Gasteiger partial charge in [-0.3, -0.25) is 19.3 Å². The molecule has 5 N–H and O–H groups in total. The first kappa shape index (κ1) is 33.9. The third kappa shape index (κ3) is 9.96. The van der Waals surface area contributed by atoms with E-state index < -0.39 is 41.9 Å². The standard InChI is InChI=1S/C24H29FN2O2.C6H8O7/c1-18(2)17-29-23-11-7-4-8-20(23)16-27-14-12-24(13-15-27,26-19(3)28)21-9-5-6-10-22(21)25;7-3(8)1-6(13,5(11)12)2-4(9)10/h4-11H,1,12-17H2,2-3H3,(H,26,28);13H,1-2H2,(H,7,8)(H,9,10)(H,11,12). The molecular weight excluding hydrogens is 551 g/mol. The molecule has 0 unspecified atom stereocenters. The van der Waals surface area contributed by atoms with E-state index in [1.165, 1.54) is 13.0 Å². The predicted molar refractivity (Wildman–Crippen MR) is 150 cm³/mol. The second-order valence-electron chi connectivity index (χ2n) is 10.4. The fraction of sp³-hybridized carbons (Fsp3) is 0.400. The molecule has 2 aromatic carbocycles. The van der Waals surface area contributed by atoms with Crippen molar-refractivity contribution in [3.05, 3.63) is 77.6 Å². The number of benzene rings is 2. The molecule has 1 aliphatic rings. The Morgan fingerprint density at radius 3 is 2.02 bits per heavy atom. The predicted octanol–water partition coefficient (Wildman–Crippen LogP) is 3.16. The Hall–Kier alpha value is -4.29. The smallest absolute Gasteiger partial charge is 0.336 e.